The third kappa shape index (κ3) is 5.24. The zero-order valence-corrected chi connectivity index (χ0v) is 17.3. The summed E-state index contributed by atoms with van der Waals surface area (Å²) < 4.78 is 2.77. The molecule has 0 bridgehead atoms. The fourth-order valence-corrected chi connectivity index (χ4v) is 4.64. The van der Waals surface area contributed by atoms with Crippen molar-refractivity contribution >= 4 is 21.7 Å². The molecular weight excluding hydrogens is 308 g/mol. The summed E-state index contributed by atoms with van der Waals surface area (Å²) in [6, 6.07) is 3.66. The predicted octanol–water partition coefficient (Wildman–Crippen LogP) is 3.14. The van der Waals surface area contributed by atoms with Crippen molar-refractivity contribution in [2.75, 3.05) is 0 Å². The van der Waals surface area contributed by atoms with Crippen LogP contribution in [0.1, 0.15) is 5.69 Å². The number of hydrogen-bond acceptors (Lipinski definition) is 2. The second-order valence-electron chi connectivity index (χ2n) is 8.50. The lowest BCUT2D eigenvalue weighted by molar-refractivity contribution is 0.678. The highest BCUT2D eigenvalue weighted by atomic mass is 28.3. The molecule has 0 atom stereocenters. The van der Waals surface area contributed by atoms with Gasteiger partial charge in [0.2, 0.25) is 0 Å². The van der Waals surface area contributed by atoms with E-state index in [4.69, 9.17) is 0 Å². The lowest BCUT2D eigenvalue weighted by atomic mass is 10.2. The van der Waals surface area contributed by atoms with Gasteiger partial charge >= 0.3 is 5.69 Å². The van der Waals surface area contributed by atoms with Crippen LogP contribution in [-0.4, -0.2) is 25.3 Å². The Morgan fingerprint density at radius 2 is 1.55 bits per heavy atom. The highest BCUT2D eigenvalue weighted by Crippen LogP contribution is 2.26. The number of hydrogen-bond donors (Lipinski definition) is 0. The maximum Gasteiger partial charge on any atom is 0.330 e. The summed E-state index contributed by atoms with van der Waals surface area (Å²) >= 11 is 0. The second-order valence-corrected chi connectivity index (χ2v) is 19.5. The topological polar surface area (TPSA) is 44.0 Å². The first-order chi connectivity index (χ1) is 9.82. The molecule has 4 nitrogen and oxygen atoms in total. The van der Waals surface area contributed by atoms with Crippen LogP contribution in [0.2, 0.25) is 51.4 Å². The molecule has 0 aliphatic carbocycles. The smallest absolute Gasteiger partial charge is 0.297 e. The molecule has 0 N–H and O–H groups in total. The van der Waals surface area contributed by atoms with Gasteiger partial charge in [0.25, 0.3) is 5.56 Å². The van der Waals surface area contributed by atoms with Gasteiger partial charge in [0.05, 0.1) is 5.69 Å². The molecule has 1 rings (SSSR count). The number of allylic oxidation sites excluding steroid dienone is 2. The average molecular weight is 339 g/mol. The standard InChI is InChI=1S/C16H30N2O2Si2/c1-17-14(11-15(19)18(2)16(17)20)13(12-22(6,7)8)9-10-21(3,4)5/h9,11H,10,12H2,1-8H3/b13-9+. The third-order valence-electron chi connectivity index (χ3n) is 3.54. The van der Waals surface area contributed by atoms with Crippen molar-refractivity contribution in [3.8, 4) is 0 Å². The maximum atomic E-state index is 12.2. The molecule has 0 fully saturated rings. The number of rotatable bonds is 5. The summed E-state index contributed by atoms with van der Waals surface area (Å²) in [5.41, 5.74) is 1.47. The Hall–Kier alpha value is -1.15. The van der Waals surface area contributed by atoms with Crippen LogP contribution in [0.3, 0.4) is 0 Å². The van der Waals surface area contributed by atoms with E-state index in [-0.39, 0.29) is 11.2 Å². The van der Waals surface area contributed by atoms with Crippen molar-refractivity contribution in [3.63, 3.8) is 0 Å². The van der Waals surface area contributed by atoms with Gasteiger partial charge in [-0.05, 0) is 17.7 Å². The quantitative estimate of drug-likeness (QED) is 0.774. The van der Waals surface area contributed by atoms with Gasteiger partial charge in [0.15, 0.2) is 0 Å². The van der Waals surface area contributed by atoms with Crippen LogP contribution >= 0.6 is 0 Å². The summed E-state index contributed by atoms with van der Waals surface area (Å²) in [4.78, 5) is 24.2. The fourth-order valence-electron chi connectivity index (χ4n) is 2.31. The molecule has 0 aliphatic rings. The minimum Gasteiger partial charge on any atom is -0.297 e. The molecule has 0 amide bonds. The van der Waals surface area contributed by atoms with E-state index in [1.807, 2.05) is 0 Å². The largest absolute Gasteiger partial charge is 0.330 e. The van der Waals surface area contributed by atoms with Crippen LogP contribution in [0, 0.1) is 0 Å². The molecule has 0 unspecified atom stereocenters. The van der Waals surface area contributed by atoms with Crippen molar-refractivity contribution < 1.29 is 0 Å². The molecule has 0 spiro atoms. The molecule has 6 heteroatoms. The molecule has 1 aromatic heterocycles. The van der Waals surface area contributed by atoms with Gasteiger partial charge in [-0.15, -0.1) is 0 Å². The molecule has 1 heterocycles. The summed E-state index contributed by atoms with van der Waals surface area (Å²) in [5.74, 6) is 0. The predicted molar refractivity (Wildman–Crippen MR) is 101 cm³/mol. The van der Waals surface area contributed by atoms with Crippen LogP contribution in [-0.2, 0) is 14.1 Å². The molecule has 22 heavy (non-hydrogen) atoms. The average Bonchev–Trinajstić information content (AvgIpc) is 2.34. The summed E-state index contributed by atoms with van der Waals surface area (Å²) in [6.07, 6.45) is 2.28. The molecule has 0 aromatic carbocycles. The Morgan fingerprint density at radius 1 is 1.00 bits per heavy atom. The SMILES string of the molecule is Cn1c(/C(=C/C[Si](C)(C)C)C[Si](C)(C)C)cc(=O)n(C)c1=O. The van der Waals surface area contributed by atoms with E-state index in [1.165, 1.54) is 12.6 Å². The van der Waals surface area contributed by atoms with Gasteiger partial charge in [-0.3, -0.25) is 13.9 Å². The Balaban J connectivity index is 3.46. The number of aromatic nitrogens is 2. The lowest BCUT2D eigenvalue weighted by Crippen LogP contribution is -2.38. The van der Waals surface area contributed by atoms with Gasteiger partial charge < -0.3 is 0 Å². The highest BCUT2D eigenvalue weighted by molar-refractivity contribution is 6.78. The normalized spacial score (nSPS) is 13.5. The van der Waals surface area contributed by atoms with E-state index in [1.54, 1.807) is 17.7 Å². The minimum absolute atomic E-state index is 0.229. The van der Waals surface area contributed by atoms with E-state index in [0.29, 0.717) is 0 Å². The molecule has 0 saturated heterocycles. The number of nitrogens with zero attached hydrogens (tertiary/aromatic N) is 2. The molecule has 0 aliphatic heterocycles. The lowest BCUT2D eigenvalue weighted by Gasteiger charge is -2.22. The monoisotopic (exact) mass is 338 g/mol. The van der Waals surface area contributed by atoms with Gasteiger partial charge in [-0.1, -0.05) is 45.4 Å². The Labute approximate surface area is 135 Å². The first-order valence-corrected chi connectivity index (χ1v) is 15.2. The molecule has 0 saturated carbocycles. The van der Waals surface area contributed by atoms with Crippen LogP contribution in [0.15, 0.2) is 21.7 Å². The van der Waals surface area contributed by atoms with Crippen molar-refractivity contribution in [2.45, 2.75) is 51.4 Å². The van der Waals surface area contributed by atoms with Crippen molar-refractivity contribution in [2.24, 2.45) is 14.1 Å². The zero-order chi connectivity index (χ0) is 17.3. The highest BCUT2D eigenvalue weighted by Gasteiger charge is 2.20. The Kier molecular flexibility index (Phi) is 5.62. The molecule has 0 radical (unpaired) electrons. The van der Waals surface area contributed by atoms with Gasteiger partial charge in [0.1, 0.15) is 0 Å². The summed E-state index contributed by atoms with van der Waals surface area (Å²) in [6.45, 7) is 13.9. The van der Waals surface area contributed by atoms with Crippen molar-refractivity contribution in [1.82, 2.24) is 9.13 Å². The van der Waals surface area contributed by atoms with E-state index in [9.17, 15) is 9.59 Å². The van der Waals surface area contributed by atoms with Crippen LogP contribution in [0.4, 0.5) is 0 Å². The first-order valence-electron chi connectivity index (χ1n) is 7.78. The Bertz CT molecular complexity index is 686. The van der Waals surface area contributed by atoms with Crippen LogP contribution in [0.5, 0.6) is 0 Å². The fraction of sp³-hybridized carbons (Fsp3) is 0.625. The van der Waals surface area contributed by atoms with E-state index in [2.05, 4.69) is 45.4 Å². The van der Waals surface area contributed by atoms with Gasteiger partial charge in [-0.25, -0.2) is 4.79 Å². The summed E-state index contributed by atoms with van der Waals surface area (Å²) in [5, 5.41) is 0. The van der Waals surface area contributed by atoms with E-state index >= 15 is 0 Å². The van der Waals surface area contributed by atoms with Gasteiger partial charge in [0, 0.05) is 36.3 Å². The van der Waals surface area contributed by atoms with Crippen LogP contribution in [0.25, 0.3) is 5.57 Å². The summed E-state index contributed by atoms with van der Waals surface area (Å²) in [7, 11) is 0.717. The van der Waals surface area contributed by atoms with E-state index in [0.717, 1.165) is 22.3 Å². The van der Waals surface area contributed by atoms with Crippen LogP contribution < -0.4 is 11.2 Å². The van der Waals surface area contributed by atoms with Crippen molar-refractivity contribution in [3.05, 3.63) is 38.7 Å². The molecular formula is C16H30N2O2Si2. The third-order valence-corrected chi connectivity index (χ3v) is 6.41. The van der Waals surface area contributed by atoms with Gasteiger partial charge in [-0.2, -0.15) is 0 Å². The second kappa shape index (κ2) is 6.54. The van der Waals surface area contributed by atoms with E-state index < -0.39 is 16.1 Å². The minimum atomic E-state index is -1.35. The van der Waals surface area contributed by atoms with Crippen molar-refractivity contribution in [1.29, 1.82) is 0 Å². The molecule has 124 valence electrons. The molecule has 1 aromatic rings. The zero-order valence-electron chi connectivity index (χ0n) is 15.3. The first kappa shape index (κ1) is 18.9. The maximum absolute atomic E-state index is 12.2. The Morgan fingerprint density at radius 3 is 2.00 bits per heavy atom.